The van der Waals surface area contributed by atoms with E-state index in [1.54, 1.807) is 0 Å². The van der Waals surface area contributed by atoms with Gasteiger partial charge in [0.1, 0.15) is 24.3 Å². The smallest absolute Gasteiger partial charge is 0.223 e. The van der Waals surface area contributed by atoms with Gasteiger partial charge in [0.15, 0.2) is 0 Å². The molecule has 3 aromatic carbocycles. The Bertz CT molecular complexity index is 1330. The van der Waals surface area contributed by atoms with E-state index < -0.39 is 6.10 Å². The van der Waals surface area contributed by atoms with Crippen molar-refractivity contribution in [1.29, 1.82) is 0 Å². The number of imidazole rings is 1. The van der Waals surface area contributed by atoms with Gasteiger partial charge in [-0.05, 0) is 54.8 Å². The minimum Gasteiger partial charge on any atom is -0.491 e. The van der Waals surface area contributed by atoms with Crippen LogP contribution in [0.2, 0.25) is 0 Å². The number of aryl methyl sites for hydroxylation is 2. The fourth-order valence-electron chi connectivity index (χ4n) is 4.76. The lowest BCUT2D eigenvalue weighted by molar-refractivity contribution is -0.128. The molecule has 1 aliphatic heterocycles. The van der Waals surface area contributed by atoms with E-state index >= 15 is 0 Å². The third-order valence-corrected chi connectivity index (χ3v) is 6.79. The molecule has 1 saturated heterocycles. The predicted molar refractivity (Wildman–Crippen MR) is 136 cm³/mol. The first-order chi connectivity index (χ1) is 17.0. The van der Waals surface area contributed by atoms with E-state index in [9.17, 15) is 9.90 Å². The van der Waals surface area contributed by atoms with E-state index in [4.69, 9.17) is 9.72 Å². The van der Waals surface area contributed by atoms with E-state index in [1.807, 2.05) is 84.6 Å². The van der Waals surface area contributed by atoms with Gasteiger partial charge < -0.3 is 19.3 Å². The van der Waals surface area contributed by atoms with E-state index in [0.717, 1.165) is 33.7 Å². The highest BCUT2D eigenvalue weighted by atomic mass is 16.5. The molecule has 1 amide bonds. The van der Waals surface area contributed by atoms with Crippen LogP contribution in [0.3, 0.4) is 0 Å². The van der Waals surface area contributed by atoms with Crippen LogP contribution < -0.4 is 4.74 Å². The number of nitrogens with zero attached hydrogens (tertiary/aromatic N) is 3. The zero-order valence-electron chi connectivity index (χ0n) is 20.2. The Morgan fingerprint density at radius 3 is 2.60 bits per heavy atom. The Kier molecular flexibility index (Phi) is 6.55. The number of rotatable bonds is 8. The van der Waals surface area contributed by atoms with E-state index in [-0.39, 0.29) is 18.4 Å². The summed E-state index contributed by atoms with van der Waals surface area (Å²) in [7, 11) is 0. The molecule has 1 aromatic heterocycles. The summed E-state index contributed by atoms with van der Waals surface area (Å²) >= 11 is 0. The molecule has 5 rings (SSSR count). The van der Waals surface area contributed by atoms with Gasteiger partial charge in [0.05, 0.1) is 17.6 Å². The molecule has 0 saturated carbocycles. The molecular formula is C29H31N3O3. The SMILES string of the molecule is Cc1ccc(OC[C@H](O)Cn2c([C@H]3CC(=O)N(Cc4ccccc4)C3)nc3ccccc32)cc1C. The van der Waals surface area contributed by atoms with Gasteiger partial charge in [0, 0.05) is 25.4 Å². The molecule has 0 spiro atoms. The van der Waals surface area contributed by atoms with Crippen LogP contribution in [0.25, 0.3) is 11.0 Å². The highest BCUT2D eigenvalue weighted by Gasteiger charge is 2.34. The monoisotopic (exact) mass is 469 g/mol. The van der Waals surface area contributed by atoms with Crippen LogP contribution in [0.5, 0.6) is 5.75 Å². The lowest BCUT2D eigenvalue weighted by Crippen LogP contribution is -2.26. The maximum atomic E-state index is 12.8. The van der Waals surface area contributed by atoms with Crippen molar-refractivity contribution in [3.05, 3.63) is 95.3 Å². The molecule has 1 N–H and O–H groups in total. The standard InChI is InChI=1S/C29H31N3O3/c1-20-12-13-25(14-21(20)2)35-19-24(33)18-32-27-11-7-6-10-26(27)30-29(32)23-15-28(34)31(17-23)16-22-8-4-3-5-9-22/h3-14,23-24,33H,15-19H2,1-2H3/t23-,24+/m0/s1. The molecular weight excluding hydrogens is 438 g/mol. The van der Waals surface area contributed by atoms with Crippen LogP contribution in [0.15, 0.2) is 72.8 Å². The number of amides is 1. The van der Waals surface area contributed by atoms with Crippen LogP contribution in [0.1, 0.15) is 34.9 Å². The summed E-state index contributed by atoms with van der Waals surface area (Å²) in [5.74, 6) is 1.71. The predicted octanol–water partition coefficient (Wildman–Crippen LogP) is 4.61. The zero-order valence-corrected chi connectivity index (χ0v) is 20.2. The Labute approximate surface area is 205 Å². The second-order valence-corrected chi connectivity index (χ2v) is 9.44. The average Bonchev–Trinajstić information content (AvgIpc) is 3.40. The molecule has 1 fully saturated rings. The van der Waals surface area contributed by atoms with Gasteiger partial charge in [0.2, 0.25) is 5.91 Å². The molecule has 2 heterocycles. The summed E-state index contributed by atoms with van der Waals surface area (Å²) in [6.45, 7) is 5.86. The Morgan fingerprint density at radius 2 is 1.80 bits per heavy atom. The third kappa shape index (κ3) is 5.08. The number of fused-ring (bicyclic) bond motifs is 1. The molecule has 0 bridgehead atoms. The van der Waals surface area contributed by atoms with Crippen LogP contribution >= 0.6 is 0 Å². The number of para-hydroxylation sites is 2. The average molecular weight is 470 g/mol. The van der Waals surface area contributed by atoms with Crippen LogP contribution in [-0.4, -0.2) is 44.7 Å². The van der Waals surface area contributed by atoms with Gasteiger partial charge in [-0.1, -0.05) is 48.5 Å². The van der Waals surface area contributed by atoms with E-state index in [1.165, 1.54) is 5.56 Å². The van der Waals surface area contributed by atoms with Crippen LogP contribution in [-0.2, 0) is 17.9 Å². The molecule has 35 heavy (non-hydrogen) atoms. The van der Waals surface area contributed by atoms with Gasteiger partial charge in [-0.15, -0.1) is 0 Å². The molecule has 0 aliphatic carbocycles. The quantitative estimate of drug-likeness (QED) is 0.409. The summed E-state index contributed by atoms with van der Waals surface area (Å²) in [6, 6.07) is 23.9. The molecule has 180 valence electrons. The highest BCUT2D eigenvalue weighted by molar-refractivity contribution is 5.81. The third-order valence-electron chi connectivity index (χ3n) is 6.79. The van der Waals surface area contributed by atoms with Gasteiger partial charge in [0.25, 0.3) is 0 Å². The minimum absolute atomic E-state index is 0.0218. The molecule has 6 heteroatoms. The van der Waals surface area contributed by atoms with Crippen molar-refractivity contribution in [3.63, 3.8) is 0 Å². The van der Waals surface area contributed by atoms with Gasteiger partial charge in [-0.3, -0.25) is 4.79 Å². The van der Waals surface area contributed by atoms with Crippen molar-refractivity contribution in [1.82, 2.24) is 14.5 Å². The van der Waals surface area contributed by atoms with Crippen molar-refractivity contribution in [2.24, 2.45) is 0 Å². The van der Waals surface area contributed by atoms with E-state index in [0.29, 0.717) is 26.1 Å². The molecule has 0 unspecified atom stereocenters. The first-order valence-corrected chi connectivity index (χ1v) is 12.1. The molecule has 1 aliphatic rings. The van der Waals surface area contributed by atoms with Gasteiger partial charge in [-0.25, -0.2) is 4.98 Å². The molecule has 6 nitrogen and oxygen atoms in total. The number of hydrogen-bond donors (Lipinski definition) is 1. The molecule has 2 atom stereocenters. The maximum Gasteiger partial charge on any atom is 0.223 e. The Morgan fingerprint density at radius 1 is 1.03 bits per heavy atom. The fraction of sp³-hybridized carbons (Fsp3) is 0.310. The van der Waals surface area contributed by atoms with Crippen molar-refractivity contribution in [2.45, 2.75) is 45.4 Å². The van der Waals surface area contributed by atoms with Crippen molar-refractivity contribution >= 4 is 16.9 Å². The van der Waals surface area contributed by atoms with Crippen molar-refractivity contribution in [3.8, 4) is 5.75 Å². The summed E-state index contributed by atoms with van der Waals surface area (Å²) in [5.41, 5.74) is 5.32. The first-order valence-electron chi connectivity index (χ1n) is 12.1. The first kappa shape index (κ1) is 23.1. The Balaban J connectivity index is 1.33. The summed E-state index contributed by atoms with van der Waals surface area (Å²) in [6.07, 6.45) is -0.295. The minimum atomic E-state index is -0.717. The number of carbonyl (C=O) groups excluding carboxylic acids is 1. The molecule has 4 aromatic rings. The number of carbonyl (C=O) groups is 1. The summed E-state index contributed by atoms with van der Waals surface area (Å²) in [5, 5.41) is 10.9. The Hall–Kier alpha value is -3.64. The highest BCUT2D eigenvalue weighted by Crippen LogP contribution is 2.31. The number of benzene rings is 3. The number of aliphatic hydroxyl groups excluding tert-OH is 1. The van der Waals surface area contributed by atoms with Crippen LogP contribution in [0.4, 0.5) is 0 Å². The second-order valence-electron chi connectivity index (χ2n) is 9.44. The summed E-state index contributed by atoms with van der Waals surface area (Å²) < 4.78 is 7.95. The normalized spacial score (nSPS) is 16.7. The van der Waals surface area contributed by atoms with Crippen LogP contribution in [0, 0.1) is 13.8 Å². The zero-order chi connectivity index (χ0) is 24.4. The van der Waals surface area contributed by atoms with Gasteiger partial charge >= 0.3 is 0 Å². The molecule has 0 radical (unpaired) electrons. The lowest BCUT2D eigenvalue weighted by atomic mass is 10.1. The summed E-state index contributed by atoms with van der Waals surface area (Å²) in [4.78, 5) is 19.6. The number of aliphatic hydroxyl groups is 1. The van der Waals surface area contributed by atoms with Gasteiger partial charge in [-0.2, -0.15) is 0 Å². The number of likely N-dealkylation sites (tertiary alicyclic amines) is 1. The van der Waals surface area contributed by atoms with Crippen molar-refractivity contribution < 1.29 is 14.6 Å². The number of ether oxygens (including phenoxy) is 1. The second kappa shape index (κ2) is 9.92. The number of hydrogen-bond acceptors (Lipinski definition) is 4. The fourth-order valence-corrected chi connectivity index (χ4v) is 4.76. The maximum absolute atomic E-state index is 12.8. The number of aromatic nitrogens is 2. The largest absolute Gasteiger partial charge is 0.491 e. The van der Waals surface area contributed by atoms with E-state index in [2.05, 4.69) is 11.5 Å². The van der Waals surface area contributed by atoms with Crippen molar-refractivity contribution in [2.75, 3.05) is 13.2 Å². The topological polar surface area (TPSA) is 67.6 Å². The lowest BCUT2D eigenvalue weighted by Gasteiger charge is -2.19.